The zero-order valence-electron chi connectivity index (χ0n) is 13.2. The van der Waals surface area contributed by atoms with Crippen LogP contribution in [0.4, 0.5) is 4.39 Å². The van der Waals surface area contributed by atoms with Gasteiger partial charge in [0.2, 0.25) is 0 Å². The molecule has 1 fully saturated rings. The molecule has 0 heterocycles. The van der Waals surface area contributed by atoms with E-state index in [0.717, 1.165) is 24.9 Å². The Morgan fingerprint density at radius 3 is 2.57 bits per heavy atom. The van der Waals surface area contributed by atoms with Crippen LogP contribution in [0.15, 0.2) is 18.2 Å². The molecule has 1 aliphatic carbocycles. The molecule has 1 nitrogen and oxygen atoms in total. The summed E-state index contributed by atoms with van der Waals surface area (Å²) in [6.45, 7) is 5.46. The van der Waals surface area contributed by atoms with Crippen LogP contribution in [0, 0.1) is 11.2 Å². The van der Waals surface area contributed by atoms with Crippen molar-refractivity contribution in [2.45, 2.75) is 64.8 Å². The first-order valence-corrected chi connectivity index (χ1v) is 8.66. The molecular weight excluding hydrogens is 285 g/mol. The van der Waals surface area contributed by atoms with Gasteiger partial charge in [0.15, 0.2) is 0 Å². The molecule has 1 atom stereocenters. The van der Waals surface area contributed by atoms with Crippen LogP contribution < -0.4 is 5.32 Å². The molecule has 0 spiro atoms. The Hall–Kier alpha value is -0.600. The van der Waals surface area contributed by atoms with E-state index in [4.69, 9.17) is 11.6 Å². The summed E-state index contributed by atoms with van der Waals surface area (Å²) in [6.07, 6.45) is 8.18. The van der Waals surface area contributed by atoms with Gasteiger partial charge in [-0.25, -0.2) is 4.39 Å². The maximum Gasteiger partial charge on any atom is 0.127 e. The van der Waals surface area contributed by atoms with E-state index in [1.165, 1.54) is 38.2 Å². The van der Waals surface area contributed by atoms with Gasteiger partial charge in [0, 0.05) is 11.1 Å². The van der Waals surface area contributed by atoms with E-state index in [1.54, 1.807) is 6.07 Å². The third-order valence-electron chi connectivity index (χ3n) is 5.12. The van der Waals surface area contributed by atoms with Crippen LogP contribution in [-0.2, 0) is 6.42 Å². The standard InChI is InChI=1S/C18H27ClFN/c1-3-11-21-17(18(4-2)9-5-6-10-18)12-14-7-8-15(19)13-16(14)20/h7-8,13,17,21H,3-6,9-12H2,1-2H3. The van der Waals surface area contributed by atoms with Crippen molar-refractivity contribution in [3.05, 3.63) is 34.6 Å². The largest absolute Gasteiger partial charge is 0.313 e. The summed E-state index contributed by atoms with van der Waals surface area (Å²) in [7, 11) is 0. The summed E-state index contributed by atoms with van der Waals surface area (Å²) in [4.78, 5) is 0. The fourth-order valence-electron chi connectivity index (χ4n) is 3.76. The van der Waals surface area contributed by atoms with Gasteiger partial charge < -0.3 is 5.32 Å². The fourth-order valence-corrected chi connectivity index (χ4v) is 3.92. The fraction of sp³-hybridized carbons (Fsp3) is 0.667. The van der Waals surface area contributed by atoms with Crippen molar-refractivity contribution in [3.8, 4) is 0 Å². The number of benzene rings is 1. The Kier molecular flexibility index (Phi) is 6.07. The molecule has 118 valence electrons. The van der Waals surface area contributed by atoms with E-state index in [0.29, 0.717) is 16.5 Å². The van der Waals surface area contributed by atoms with Gasteiger partial charge >= 0.3 is 0 Å². The average Bonchev–Trinajstić information content (AvgIpc) is 2.95. The molecule has 0 aliphatic heterocycles. The molecule has 2 rings (SSSR count). The third kappa shape index (κ3) is 3.98. The van der Waals surface area contributed by atoms with E-state index in [2.05, 4.69) is 19.2 Å². The Morgan fingerprint density at radius 1 is 1.29 bits per heavy atom. The molecule has 0 amide bonds. The van der Waals surface area contributed by atoms with Crippen LogP contribution in [0.25, 0.3) is 0 Å². The van der Waals surface area contributed by atoms with Gasteiger partial charge in [-0.3, -0.25) is 0 Å². The molecule has 1 N–H and O–H groups in total. The van der Waals surface area contributed by atoms with Gasteiger partial charge in [-0.05, 0) is 61.8 Å². The monoisotopic (exact) mass is 311 g/mol. The quantitative estimate of drug-likeness (QED) is 0.714. The minimum absolute atomic E-state index is 0.171. The topological polar surface area (TPSA) is 12.0 Å². The van der Waals surface area contributed by atoms with Gasteiger partial charge in [-0.1, -0.05) is 44.4 Å². The van der Waals surface area contributed by atoms with Crippen molar-refractivity contribution < 1.29 is 4.39 Å². The van der Waals surface area contributed by atoms with Crippen LogP contribution in [0.1, 0.15) is 57.9 Å². The first-order valence-electron chi connectivity index (χ1n) is 8.28. The highest BCUT2D eigenvalue weighted by atomic mass is 35.5. The molecule has 3 heteroatoms. The first-order chi connectivity index (χ1) is 10.1. The van der Waals surface area contributed by atoms with Gasteiger partial charge in [-0.15, -0.1) is 0 Å². The molecule has 1 aliphatic rings. The predicted octanol–water partition coefficient (Wildman–Crippen LogP) is 5.36. The number of nitrogens with one attached hydrogen (secondary N) is 1. The lowest BCUT2D eigenvalue weighted by Gasteiger charge is -2.38. The van der Waals surface area contributed by atoms with Crippen LogP contribution in [0.5, 0.6) is 0 Å². The predicted molar refractivity (Wildman–Crippen MR) is 88.4 cm³/mol. The number of rotatable bonds is 7. The van der Waals surface area contributed by atoms with Gasteiger partial charge in [0.05, 0.1) is 0 Å². The summed E-state index contributed by atoms with van der Waals surface area (Å²) in [6, 6.07) is 5.43. The minimum atomic E-state index is -0.171. The maximum atomic E-state index is 14.1. The highest BCUT2D eigenvalue weighted by molar-refractivity contribution is 6.30. The summed E-state index contributed by atoms with van der Waals surface area (Å²) in [5, 5.41) is 4.17. The SMILES string of the molecule is CCCNC(Cc1ccc(Cl)cc1F)C1(CC)CCCC1. The highest BCUT2D eigenvalue weighted by Crippen LogP contribution is 2.45. The van der Waals surface area contributed by atoms with E-state index in [-0.39, 0.29) is 5.82 Å². The molecule has 0 aromatic heterocycles. The molecule has 0 saturated heterocycles. The molecule has 1 saturated carbocycles. The molecule has 0 radical (unpaired) electrons. The van der Waals surface area contributed by atoms with Crippen molar-refractivity contribution in [3.63, 3.8) is 0 Å². The molecule has 1 aromatic carbocycles. The summed E-state index contributed by atoms with van der Waals surface area (Å²) in [5.74, 6) is -0.171. The van der Waals surface area contributed by atoms with Crippen LogP contribution >= 0.6 is 11.6 Å². The van der Waals surface area contributed by atoms with Crippen LogP contribution in [0.3, 0.4) is 0 Å². The Bertz CT molecular complexity index is 455. The second-order valence-corrected chi connectivity index (χ2v) is 6.81. The van der Waals surface area contributed by atoms with E-state index >= 15 is 0 Å². The Morgan fingerprint density at radius 2 is 2.00 bits per heavy atom. The van der Waals surface area contributed by atoms with Crippen LogP contribution in [0.2, 0.25) is 5.02 Å². The number of halogens is 2. The van der Waals surface area contributed by atoms with Crippen molar-refractivity contribution in [1.82, 2.24) is 5.32 Å². The zero-order valence-corrected chi connectivity index (χ0v) is 14.0. The Balaban J connectivity index is 2.19. The van der Waals surface area contributed by atoms with Gasteiger partial charge in [-0.2, -0.15) is 0 Å². The lowest BCUT2D eigenvalue weighted by Crippen LogP contribution is -2.45. The normalized spacial score (nSPS) is 18.9. The van der Waals surface area contributed by atoms with Gasteiger partial charge in [0.25, 0.3) is 0 Å². The summed E-state index contributed by atoms with van der Waals surface area (Å²) < 4.78 is 14.1. The second kappa shape index (κ2) is 7.60. The molecule has 1 unspecified atom stereocenters. The minimum Gasteiger partial charge on any atom is -0.313 e. The highest BCUT2D eigenvalue weighted by Gasteiger charge is 2.39. The number of hydrogen-bond donors (Lipinski definition) is 1. The summed E-state index contributed by atoms with van der Waals surface area (Å²) in [5.41, 5.74) is 1.12. The lowest BCUT2D eigenvalue weighted by atomic mass is 9.74. The van der Waals surface area contributed by atoms with Crippen molar-refractivity contribution in [2.24, 2.45) is 5.41 Å². The average molecular weight is 312 g/mol. The Labute approximate surface area is 133 Å². The molecule has 0 bridgehead atoms. The van der Waals surface area contributed by atoms with Crippen molar-refractivity contribution >= 4 is 11.6 Å². The maximum absolute atomic E-state index is 14.1. The second-order valence-electron chi connectivity index (χ2n) is 6.37. The molecule has 21 heavy (non-hydrogen) atoms. The third-order valence-corrected chi connectivity index (χ3v) is 5.36. The van der Waals surface area contributed by atoms with Gasteiger partial charge in [0.1, 0.15) is 5.82 Å². The van der Waals surface area contributed by atoms with Crippen LogP contribution in [-0.4, -0.2) is 12.6 Å². The van der Waals surface area contributed by atoms with E-state index in [9.17, 15) is 4.39 Å². The van der Waals surface area contributed by atoms with E-state index in [1.807, 2.05) is 6.07 Å². The molecule has 1 aromatic rings. The lowest BCUT2D eigenvalue weighted by molar-refractivity contribution is 0.183. The molecular formula is C18H27ClFN. The zero-order chi connectivity index (χ0) is 15.3. The van der Waals surface area contributed by atoms with E-state index < -0.39 is 0 Å². The van der Waals surface area contributed by atoms with Crippen molar-refractivity contribution in [1.29, 1.82) is 0 Å². The first kappa shape index (κ1) is 16.8. The smallest absolute Gasteiger partial charge is 0.127 e. The van der Waals surface area contributed by atoms with Crippen molar-refractivity contribution in [2.75, 3.05) is 6.54 Å². The summed E-state index contributed by atoms with van der Waals surface area (Å²) >= 11 is 5.86. The number of hydrogen-bond acceptors (Lipinski definition) is 1.